The lowest BCUT2D eigenvalue weighted by atomic mass is 9.93. The summed E-state index contributed by atoms with van der Waals surface area (Å²) < 4.78 is 10.8. The van der Waals surface area contributed by atoms with Gasteiger partial charge in [-0.25, -0.2) is 0 Å². The van der Waals surface area contributed by atoms with E-state index >= 15 is 0 Å². The van der Waals surface area contributed by atoms with Crippen molar-refractivity contribution in [2.45, 2.75) is 39.7 Å². The summed E-state index contributed by atoms with van der Waals surface area (Å²) >= 11 is 0. The quantitative estimate of drug-likeness (QED) is 0.591. The second kappa shape index (κ2) is 9.76. The summed E-state index contributed by atoms with van der Waals surface area (Å²) in [6.07, 6.45) is 0.670. The Morgan fingerprint density at radius 2 is 1.80 bits per heavy atom. The number of hydrogen-bond acceptors (Lipinski definition) is 5. The van der Waals surface area contributed by atoms with Gasteiger partial charge in [0, 0.05) is 24.0 Å². The molecule has 2 N–H and O–H groups in total. The average Bonchev–Trinajstić information content (AvgIpc) is 3.06. The number of nitrogens with one attached hydrogen (secondary N) is 2. The van der Waals surface area contributed by atoms with Gasteiger partial charge in [-0.2, -0.15) is 0 Å². The Balaban J connectivity index is 1.84. The van der Waals surface area contributed by atoms with Gasteiger partial charge in [0.05, 0.1) is 19.9 Å². The number of rotatable bonds is 9. The third kappa shape index (κ3) is 4.82. The molecule has 6 heteroatoms. The van der Waals surface area contributed by atoms with Crippen LogP contribution in [0.4, 0.5) is 11.4 Å². The molecule has 2 aromatic rings. The summed E-state index contributed by atoms with van der Waals surface area (Å²) in [5, 5.41) is 6.40. The number of carbonyl (C=O) groups excluding carboxylic acids is 1. The molecule has 1 heterocycles. The van der Waals surface area contributed by atoms with Crippen molar-refractivity contribution in [3.63, 3.8) is 0 Å². The van der Waals surface area contributed by atoms with Gasteiger partial charge >= 0.3 is 0 Å². The number of nitrogens with zero attached hydrogens (tertiary/aromatic N) is 1. The van der Waals surface area contributed by atoms with Crippen molar-refractivity contribution < 1.29 is 14.3 Å². The molecule has 0 spiro atoms. The number of carbonyl (C=O) groups is 1. The first-order chi connectivity index (χ1) is 14.5. The van der Waals surface area contributed by atoms with Crippen LogP contribution in [0, 0.1) is 5.92 Å². The molecule has 1 unspecified atom stereocenters. The fraction of sp³-hybridized carbons (Fsp3) is 0.417. The van der Waals surface area contributed by atoms with Gasteiger partial charge in [-0.3, -0.25) is 9.79 Å². The monoisotopic (exact) mass is 409 g/mol. The zero-order valence-corrected chi connectivity index (χ0v) is 18.4. The van der Waals surface area contributed by atoms with Crippen LogP contribution in [0.3, 0.4) is 0 Å². The van der Waals surface area contributed by atoms with Gasteiger partial charge < -0.3 is 20.1 Å². The summed E-state index contributed by atoms with van der Waals surface area (Å²) in [7, 11) is 3.18. The molecule has 0 radical (unpaired) electrons. The van der Waals surface area contributed by atoms with Crippen molar-refractivity contribution in [2.75, 3.05) is 26.1 Å². The van der Waals surface area contributed by atoms with E-state index in [0.29, 0.717) is 23.8 Å². The Bertz CT molecular complexity index is 920. The largest absolute Gasteiger partial charge is 0.493 e. The molecule has 1 aliphatic heterocycles. The summed E-state index contributed by atoms with van der Waals surface area (Å²) in [6.45, 7) is 8.24. The fourth-order valence-corrected chi connectivity index (χ4v) is 3.63. The number of ether oxygens (including phenoxy) is 2. The molecule has 1 aliphatic rings. The standard InChI is InChI=1S/C24H31N3O3/c1-6-19(26-17-9-7-16(8-10-17)14-25-13-15(2)3)23-18-11-21(29-4)22(30-5)12-20(18)27-24(23)28/h7-12,15,23,25H,6,13-14H2,1-5H3,(H,27,28). The Morgan fingerprint density at radius 1 is 1.13 bits per heavy atom. The van der Waals surface area contributed by atoms with E-state index in [1.165, 1.54) is 5.56 Å². The molecule has 0 saturated heterocycles. The van der Waals surface area contributed by atoms with E-state index in [4.69, 9.17) is 14.5 Å². The first-order valence-electron chi connectivity index (χ1n) is 10.4. The number of anilines is 1. The van der Waals surface area contributed by atoms with Gasteiger partial charge in [-0.05, 0) is 48.2 Å². The smallest absolute Gasteiger partial charge is 0.237 e. The van der Waals surface area contributed by atoms with Gasteiger partial charge in [0.25, 0.3) is 0 Å². The van der Waals surface area contributed by atoms with E-state index in [1.807, 2.05) is 25.1 Å². The summed E-state index contributed by atoms with van der Waals surface area (Å²) in [5.74, 6) is 1.31. The summed E-state index contributed by atoms with van der Waals surface area (Å²) in [5.41, 5.74) is 4.50. The van der Waals surface area contributed by atoms with Crippen LogP contribution in [-0.4, -0.2) is 32.4 Å². The van der Waals surface area contributed by atoms with Gasteiger partial charge in [0.2, 0.25) is 5.91 Å². The predicted octanol–water partition coefficient (Wildman–Crippen LogP) is 4.67. The number of methoxy groups -OCH3 is 2. The van der Waals surface area contributed by atoms with Crippen LogP contribution < -0.4 is 20.1 Å². The van der Waals surface area contributed by atoms with E-state index < -0.39 is 5.92 Å². The van der Waals surface area contributed by atoms with E-state index in [-0.39, 0.29) is 5.91 Å². The molecule has 0 bridgehead atoms. The maximum absolute atomic E-state index is 12.8. The number of amides is 1. The van der Waals surface area contributed by atoms with Gasteiger partial charge in [-0.1, -0.05) is 32.9 Å². The van der Waals surface area contributed by atoms with Gasteiger partial charge in [0.1, 0.15) is 5.92 Å². The van der Waals surface area contributed by atoms with E-state index in [2.05, 4.69) is 36.6 Å². The first kappa shape index (κ1) is 21.8. The number of aliphatic imine (C=N–C) groups is 1. The van der Waals surface area contributed by atoms with Crippen molar-refractivity contribution in [1.29, 1.82) is 0 Å². The lowest BCUT2D eigenvalue weighted by Gasteiger charge is -2.14. The van der Waals surface area contributed by atoms with Crippen LogP contribution in [0.25, 0.3) is 0 Å². The van der Waals surface area contributed by atoms with Crippen molar-refractivity contribution in [1.82, 2.24) is 5.32 Å². The second-order valence-corrected chi connectivity index (χ2v) is 7.86. The highest BCUT2D eigenvalue weighted by atomic mass is 16.5. The fourth-order valence-electron chi connectivity index (χ4n) is 3.63. The molecule has 6 nitrogen and oxygen atoms in total. The van der Waals surface area contributed by atoms with Crippen LogP contribution in [0.5, 0.6) is 11.5 Å². The van der Waals surface area contributed by atoms with Gasteiger partial charge in [0.15, 0.2) is 11.5 Å². The second-order valence-electron chi connectivity index (χ2n) is 7.86. The van der Waals surface area contributed by atoms with E-state index in [0.717, 1.165) is 35.7 Å². The van der Waals surface area contributed by atoms with Crippen LogP contribution in [-0.2, 0) is 11.3 Å². The average molecular weight is 410 g/mol. The minimum Gasteiger partial charge on any atom is -0.493 e. The molecule has 1 atom stereocenters. The van der Waals surface area contributed by atoms with Crippen LogP contribution in [0.2, 0.25) is 0 Å². The maximum atomic E-state index is 12.8. The van der Waals surface area contributed by atoms with Crippen LogP contribution in [0.15, 0.2) is 41.4 Å². The third-order valence-electron chi connectivity index (χ3n) is 5.17. The Labute approximate surface area is 178 Å². The molecule has 30 heavy (non-hydrogen) atoms. The molecule has 3 rings (SSSR count). The predicted molar refractivity (Wildman–Crippen MR) is 121 cm³/mol. The van der Waals surface area contributed by atoms with Crippen molar-refractivity contribution in [3.05, 3.63) is 47.5 Å². The molecular weight excluding hydrogens is 378 g/mol. The molecular formula is C24H31N3O3. The number of hydrogen-bond donors (Lipinski definition) is 2. The number of fused-ring (bicyclic) bond motifs is 1. The molecule has 0 aromatic heterocycles. The minimum absolute atomic E-state index is 0.0737. The summed E-state index contributed by atoms with van der Waals surface area (Å²) in [4.78, 5) is 17.6. The molecule has 1 amide bonds. The minimum atomic E-state index is -0.433. The van der Waals surface area contributed by atoms with Gasteiger partial charge in [-0.15, -0.1) is 0 Å². The first-order valence-corrected chi connectivity index (χ1v) is 10.4. The highest BCUT2D eigenvalue weighted by Crippen LogP contribution is 2.42. The van der Waals surface area contributed by atoms with Crippen molar-refractivity contribution >= 4 is 23.0 Å². The maximum Gasteiger partial charge on any atom is 0.237 e. The molecule has 0 aliphatic carbocycles. The number of benzene rings is 2. The highest BCUT2D eigenvalue weighted by Gasteiger charge is 2.35. The molecule has 0 fully saturated rings. The zero-order chi connectivity index (χ0) is 21.7. The Morgan fingerprint density at radius 3 is 2.40 bits per heavy atom. The lowest BCUT2D eigenvalue weighted by Crippen LogP contribution is -2.20. The zero-order valence-electron chi connectivity index (χ0n) is 18.4. The molecule has 0 saturated carbocycles. The molecule has 2 aromatic carbocycles. The third-order valence-corrected chi connectivity index (χ3v) is 5.17. The van der Waals surface area contributed by atoms with Crippen molar-refractivity contribution in [3.8, 4) is 11.5 Å². The SMILES string of the molecule is CCC(=Nc1ccc(CNCC(C)C)cc1)C1C(=O)Nc2cc(OC)c(OC)cc21. The topological polar surface area (TPSA) is 72.0 Å². The highest BCUT2D eigenvalue weighted by molar-refractivity contribution is 6.19. The van der Waals surface area contributed by atoms with Crippen LogP contribution in [0.1, 0.15) is 44.2 Å². The Kier molecular flexibility index (Phi) is 7.11. The van der Waals surface area contributed by atoms with E-state index in [1.54, 1.807) is 20.3 Å². The summed E-state index contributed by atoms with van der Waals surface area (Å²) in [6, 6.07) is 11.8. The van der Waals surface area contributed by atoms with Crippen molar-refractivity contribution in [2.24, 2.45) is 10.9 Å². The lowest BCUT2D eigenvalue weighted by molar-refractivity contribution is -0.115. The normalized spacial score (nSPS) is 15.9. The van der Waals surface area contributed by atoms with Crippen LogP contribution >= 0.6 is 0 Å². The molecule has 160 valence electrons. The Hall–Kier alpha value is -2.86. The van der Waals surface area contributed by atoms with E-state index in [9.17, 15) is 4.79 Å².